The molecule has 0 saturated carbocycles. The molecule has 3 aromatic rings. The molecule has 0 spiro atoms. The average Bonchev–Trinajstić information content (AvgIpc) is 3.07. The summed E-state index contributed by atoms with van der Waals surface area (Å²) in [6.45, 7) is 1.41. The molecular formula is C25H23F3N4O3S2. The highest BCUT2D eigenvalue weighted by molar-refractivity contribution is 8.00. The molecular weight excluding hydrogens is 525 g/mol. The highest BCUT2D eigenvalue weighted by Gasteiger charge is 2.33. The van der Waals surface area contributed by atoms with E-state index in [1.807, 2.05) is 12.1 Å². The molecule has 194 valence electrons. The summed E-state index contributed by atoms with van der Waals surface area (Å²) in [6.07, 6.45) is 5.96. The number of alkyl halides is 3. The molecule has 2 N–H and O–H groups in total. The Morgan fingerprint density at radius 1 is 1.24 bits per heavy atom. The predicted octanol–water partition coefficient (Wildman–Crippen LogP) is 5.21. The first-order valence-electron chi connectivity index (χ1n) is 11.4. The zero-order valence-electron chi connectivity index (χ0n) is 19.6. The van der Waals surface area contributed by atoms with Crippen LogP contribution in [0.4, 0.5) is 18.9 Å². The number of halogens is 3. The molecule has 1 atom stereocenters. The number of nitrogens with one attached hydrogen (secondary N) is 2. The van der Waals surface area contributed by atoms with Gasteiger partial charge in [-0.2, -0.15) is 13.2 Å². The summed E-state index contributed by atoms with van der Waals surface area (Å²) in [5.74, 6) is 1.30. The number of thioether (sulfide) groups is 1. The summed E-state index contributed by atoms with van der Waals surface area (Å²) in [6, 6.07) is 10.1. The van der Waals surface area contributed by atoms with Gasteiger partial charge in [-0.05, 0) is 42.3 Å². The third-order valence-corrected chi connectivity index (χ3v) is 8.06. The average molecular weight is 549 g/mol. The van der Waals surface area contributed by atoms with Crippen molar-refractivity contribution in [2.24, 2.45) is 5.92 Å². The summed E-state index contributed by atoms with van der Waals surface area (Å²) >= 11 is 1.19. The molecule has 1 fully saturated rings. The molecule has 3 heterocycles. The number of fused-ring (bicyclic) bond motifs is 1. The number of carbonyl (C=O) groups excluding carboxylic acids is 2. The molecule has 2 aliphatic rings. The molecule has 37 heavy (non-hydrogen) atoms. The number of methoxy groups -OCH3 is 1. The molecule has 1 aliphatic carbocycles. The van der Waals surface area contributed by atoms with Gasteiger partial charge in [-0.3, -0.25) is 14.3 Å². The molecule has 1 aliphatic heterocycles. The molecule has 2 bridgehead atoms. The third-order valence-electron chi connectivity index (χ3n) is 6.23. The van der Waals surface area contributed by atoms with Gasteiger partial charge in [0.2, 0.25) is 6.41 Å². The number of nitrogens with zero attached hydrogens (tertiary/aromatic N) is 2. The van der Waals surface area contributed by atoms with E-state index < -0.39 is 5.51 Å². The van der Waals surface area contributed by atoms with Crippen LogP contribution in [-0.4, -0.2) is 53.1 Å². The summed E-state index contributed by atoms with van der Waals surface area (Å²) in [4.78, 5) is 25.0. The third kappa shape index (κ3) is 5.40. The van der Waals surface area contributed by atoms with E-state index in [2.05, 4.69) is 10.0 Å². The zero-order valence-corrected chi connectivity index (χ0v) is 21.3. The van der Waals surface area contributed by atoms with Crippen molar-refractivity contribution in [1.29, 1.82) is 0 Å². The summed E-state index contributed by atoms with van der Waals surface area (Å²) in [5, 5.41) is 3.52. The molecule has 2 amide bonds. The number of amides is 2. The molecule has 2 aromatic heterocycles. The minimum Gasteiger partial charge on any atom is -0.495 e. The Morgan fingerprint density at radius 3 is 2.78 bits per heavy atom. The highest BCUT2D eigenvalue weighted by Crippen LogP contribution is 2.43. The van der Waals surface area contributed by atoms with Crippen LogP contribution in [0.5, 0.6) is 5.75 Å². The molecule has 1 unspecified atom stereocenters. The molecule has 0 radical (unpaired) electrons. The Kier molecular flexibility index (Phi) is 7.04. The number of benzene rings is 1. The second-order valence-corrected chi connectivity index (χ2v) is 10.6. The van der Waals surface area contributed by atoms with Gasteiger partial charge in [0.25, 0.3) is 5.91 Å². The van der Waals surface area contributed by atoms with Gasteiger partial charge in [0.15, 0.2) is 0 Å². The van der Waals surface area contributed by atoms with E-state index in [0.29, 0.717) is 47.1 Å². The number of anilines is 1. The first-order valence-corrected chi connectivity index (χ1v) is 13.2. The monoisotopic (exact) mass is 548 g/mol. The van der Waals surface area contributed by atoms with Crippen LogP contribution in [0.3, 0.4) is 0 Å². The minimum atomic E-state index is -4.39. The van der Waals surface area contributed by atoms with Crippen molar-refractivity contribution in [3.63, 3.8) is 0 Å². The maximum Gasteiger partial charge on any atom is 0.447 e. The van der Waals surface area contributed by atoms with Crippen LogP contribution in [0.15, 0.2) is 53.7 Å². The SMILES string of the molecule is COc1cc(C(=O)NSCC2CN(C=O)C2)ccc1NC1C=Cc2cc3c1cccn3c2SC(F)(F)F. The van der Waals surface area contributed by atoms with Crippen molar-refractivity contribution in [3.05, 3.63) is 65.4 Å². The second-order valence-electron chi connectivity index (χ2n) is 8.74. The maximum absolute atomic E-state index is 13.1. The summed E-state index contributed by atoms with van der Waals surface area (Å²) in [7, 11) is 1.51. The largest absolute Gasteiger partial charge is 0.495 e. The number of hydrogen-bond acceptors (Lipinski definition) is 6. The molecule has 1 saturated heterocycles. The van der Waals surface area contributed by atoms with Crippen molar-refractivity contribution >= 4 is 53.3 Å². The Morgan fingerprint density at radius 2 is 2.05 bits per heavy atom. The van der Waals surface area contributed by atoms with Crippen molar-refractivity contribution in [2.45, 2.75) is 16.6 Å². The number of likely N-dealkylation sites (tertiary alicyclic amines) is 1. The number of hydrogen-bond donors (Lipinski definition) is 2. The number of ether oxygens (including phenoxy) is 1. The molecule has 5 rings (SSSR count). The van der Waals surface area contributed by atoms with Gasteiger partial charge in [-0.1, -0.05) is 18.2 Å². The van der Waals surface area contributed by atoms with E-state index in [-0.39, 0.29) is 28.7 Å². The van der Waals surface area contributed by atoms with Crippen LogP contribution in [0.2, 0.25) is 0 Å². The van der Waals surface area contributed by atoms with Gasteiger partial charge in [0.05, 0.1) is 29.4 Å². The molecule has 12 heteroatoms. The lowest BCUT2D eigenvalue weighted by Gasteiger charge is -2.35. The van der Waals surface area contributed by atoms with Crippen molar-refractivity contribution in [2.75, 3.05) is 31.3 Å². The number of pyridine rings is 1. The first-order chi connectivity index (χ1) is 17.8. The maximum atomic E-state index is 13.1. The highest BCUT2D eigenvalue weighted by atomic mass is 32.2. The van der Waals surface area contributed by atoms with Crippen LogP contribution in [0.25, 0.3) is 11.6 Å². The Hall–Kier alpha value is -3.25. The first kappa shape index (κ1) is 25.4. The Labute approximate surface area is 219 Å². The van der Waals surface area contributed by atoms with Gasteiger partial charge in [-0.15, -0.1) is 0 Å². The van der Waals surface area contributed by atoms with E-state index >= 15 is 0 Å². The fourth-order valence-electron chi connectivity index (χ4n) is 4.45. The Balaban J connectivity index is 1.30. The van der Waals surface area contributed by atoms with Gasteiger partial charge in [0, 0.05) is 59.4 Å². The second kappa shape index (κ2) is 10.3. The van der Waals surface area contributed by atoms with Gasteiger partial charge in [-0.25, -0.2) is 0 Å². The molecule has 7 nitrogen and oxygen atoms in total. The predicted molar refractivity (Wildman–Crippen MR) is 139 cm³/mol. The van der Waals surface area contributed by atoms with E-state index in [1.165, 1.54) is 19.1 Å². The van der Waals surface area contributed by atoms with Crippen molar-refractivity contribution < 1.29 is 27.5 Å². The Bertz CT molecular complexity index is 1370. The topological polar surface area (TPSA) is 75.1 Å². The standard InChI is InChI=1S/C25H23F3N4O3S2/c1-35-22-10-16(23(34)30-36-13-15-11-31(12-15)14-33)4-7-20(22)29-19-6-5-17-9-21-18(19)3-2-8-32(21)24(17)37-25(26,27)28/h2-10,14-15,19,29H,11-13H2,1H3,(H,30,34). The van der Waals surface area contributed by atoms with Crippen molar-refractivity contribution in [3.8, 4) is 5.75 Å². The summed E-state index contributed by atoms with van der Waals surface area (Å²) in [5.41, 5.74) is -1.32. The normalized spacial score (nSPS) is 17.0. The van der Waals surface area contributed by atoms with E-state index in [9.17, 15) is 22.8 Å². The van der Waals surface area contributed by atoms with Gasteiger partial charge in [0.1, 0.15) is 5.75 Å². The van der Waals surface area contributed by atoms with Gasteiger partial charge >= 0.3 is 5.51 Å². The van der Waals surface area contributed by atoms with Crippen LogP contribution >= 0.6 is 23.7 Å². The fourth-order valence-corrected chi connectivity index (χ4v) is 5.95. The molecule has 1 aromatic carbocycles. The number of carbonyl (C=O) groups is 2. The van der Waals surface area contributed by atoms with Crippen molar-refractivity contribution in [1.82, 2.24) is 14.0 Å². The van der Waals surface area contributed by atoms with E-state index in [1.54, 1.807) is 51.9 Å². The van der Waals surface area contributed by atoms with E-state index in [0.717, 1.165) is 17.7 Å². The lowest BCUT2D eigenvalue weighted by molar-refractivity contribution is -0.123. The fraction of sp³-hybridized carbons (Fsp3) is 0.280. The number of rotatable bonds is 9. The minimum absolute atomic E-state index is 0.125. The van der Waals surface area contributed by atoms with Crippen LogP contribution in [0.1, 0.15) is 27.5 Å². The van der Waals surface area contributed by atoms with Crippen LogP contribution in [0, 0.1) is 5.92 Å². The smallest absolute Gasteiger partial charge is 0.447 e. The van der Waals surface area contributed by atoms with Crippen LogP contribution in [-0.2, 0) is 4.79 Å². The summed E-state index contributed by atoms with van der Waals surface area (Å²) < 4.78 is 49.3. The van der Waals surface area contributed by atoms with E-state index in [4.69, 9.17) is 4.74 Å². The lowest BCUT2D eigenvalue weighted by atomic mass is 10.0. The number of aromatic nitrogens is 1. The zero-order chi connectivity index (χ0) is 26.2. The quantitative estimate of drug-likeness (QED) is 0.217. The van der Waals surface area contributed by atoms with Crippen LogP contribution < -0.4 is 14.8 Å². The van der Waals surface area contributed by atoms with Gasteiger partial charge < -0.3 is 19.4 Å². The lowest BCUT2D eigenvalue weighted by Crippen LogP contribution is -2.47.